The number of aryl methyl sites for hydroxylation is 1. The Balaban J connectivity index is 2.34. The molecule has 1 rings (SSSR count). The van der Waals surface area contributed by atoms with E-state index in [-0.39, 0.29) is 18.6 Å². The van der Waals surface area contributed by atoms with Crippen molar-refractivity contribution in [2.75, 3.05) is 12.3 Å². The Morgan fingerprint density at radius 2 is 2.06 bits per heavy atom. The summed E-state index contributed by atoms with van der Waals surface area (Å²) in [6, 6.07) is 7.29. The van der Waals surface area contributed by atoms with Crippen LogP contribution in [-0.2, 0) is 11.2 Å². The Hall–Kier alpha value is -1.55. The molecule has 0 aromatic heterocycles. The van der Waals surface area contributed by atoms with E-state index in [4.69, 9.17) is 10.8 Å². The molecule has 0 aliphatic carbocycles. The average molecular weight is 222 g/mol. The maximum atomic E-state index is 11.4. The molecular formula is C12H18N2O2. The molecule has 1 unspecified atom stereocenters. The van der Waals surface area contributed by atoms with Gasteiger partial charge in [0.1, 0.15) is 0 Å². The number of hydrogen-bond acceptors (Lipinski definition) is 3. The number of nitrogen functional groups attached to an aromatic ring is 1. The molecule has 1 aromatic carbocycles. The van der Waals surface area contributed by atoms with Gasteiger partial charge >= 0.3 is 0 Å². The molecule has 0 saturated heterocycles. The number of benzene rings is 1. The molecule has 1 atom stereocenters. The molecule has 88 valence electrons. The van der Waals surface area contributed by atoms with Gasteiger partial charge in [-0.15, -0.1) is 0 Å². The molecule has 0 spiro atoms. The highest BCUT2D eigenvalue weighted by Gasteiger charge is 2.05. The van der Waals surface area contributed by atoms with Crippen molar-refractivity contribution in [2.45, 2.75) is 25.8 Å². The molecule has 0 bridgehead atoms. The Morgan fingerprint density at radius 1 is 1.44 bits per heavy atom. The van der Waals surface area contributed by atoms with E-state index in [1.54, 1.807) is 6.92 Å². The lowest BCUT2D eigenvalue weighted by Gasteiger charge is -2.10. The van der Waals surface area contributed by atoms with Gasteiger partial charge in [0.15, 0.2) is 0 Å². The van der Waals surface area contributed by atoms with Crippen LogP contribution in [0.3, 0.4) is 0 Å². The summed E-state index contributed by atoms with van der Waals surface area (Å²) in [6.07, 6.45) is 1.11. The van der Waals surface area contributed by atoms with Gasteiger partial charge in [-0.1, -0.05) is 12.1 Å². The van der Waals surface area contributed by atoms with Crippen LogP contribution in [0.4, 0.5) is 5.69 Å². The molecule has 1 aromatic rings. The number of aliphatic hydroxyl groups excluding tert-OH is 1. The number of carbonyl (C=O) groups excluding carboxylic acids is 1. The van der Waals surface area contributed by atoms with E-state index in [9.17, 15) is 4.79 Å². The summed E-state index contributed by atoms with van der Waals surface area (Å²) in [5, 5.41) is 11.5. The van der Waals surface area contributed by atoms with Crippen LogP contribution < -0.4 is 11.1 Å². The third kappa shape index (κ3) is 4.31. The third-order valence-electron chi connectivity index (χ3n) is 2.30. The second-order valence-corrected chi connectivity index (χ2v) is 3.89. The normalized spacial score (nSPS) is 12.1. The number of anilines is 1. The van der Waals surface area contributed by atoms with Gasteiger partial charge in [-0.25, -0.2) is 0 Å². The average Bonchev–Trinajstić information content (AvgIpc) is 2.28. The Morgan fingerprint density at radius 3 is 2.62 bits per heavy atom. The lowest BCUT2D eigenvalue weighted by molar-refractivity contribution is -0.121. The maximum Gasteiger partial charge on any atom is 0.220 e. The number of aliphatic hydroxyl groups is 1. The van der Waals surface area contributed by atoms with Crippen molar-refractivity contribution in [3.05, 3.63) is 29.8 Å². The predicted molar refractivity (Wildman–Crippen MR) is 63.9 cm³/mol. The van der Waals surface area contributed by atoms with Crippen molar-refractivity contribution in [3.8, 4) is 0 Å². The zero-order chi connectivity index (χ0) is 12.0. The zero-order valence-corrected chi connectivity index (χ0v) is 9.44. The standard InChI is InChI=1S/C12H18N2O2/c1-9(8-15)14-12(16)7-4-10-2-5-11(13)6-3-10/h2-3,5-6,9,15H,4,7-8,13H2,1H3,(H,14,16). The van der Waals surface area contributed by atoms with Crippen molar-refractivity contribution >= 4 is 11.6 Å². The van der Waals surface area contributed by atoms with E-state index in [2.05, 4.69) is 5.32 Å². The fraction of sp³-hybridized carbons (Fsp3) is 0.417. The van der Waals surface area contributed by atoms with Gasteiger partial charge in [0, 0.05) is 18.2 Å². The lowest BCUT2D eigenvalue weighted by Crippen LogP contribution is -2.35. The minimum atomic E-state index is -0.182. The van der Waals surface area contributed by atoms with Gasteiger partial charge < -0.3 is 16.2 Å². The molecule has 4 N–H and O–H groups in total. The third-order valence-corrected chi connectivity index (χ3v) is 2.30. The van der Waals surface area contributed by atoms with Crippen LogP contribution >= 0.6 is 0 Å². The number of amides is 1. The largest absolute Gasteiger partial charge is 0.399 e. The van der Waals surface area contributed by atoms with Gasteiger partial charge in [-0.2, -0.15) is 0 Å². The number of nitrogens with two attached hydrogens (primary N) is 1. The Kier molecular flexibility index (Phi) is 4.79. The van der Waals surface area contributed by atoms with E-state index in [0.717, 1.165) is 11.3 Å². The Labute approximate surface area is 95.5 Å². The molecule has 0 heterocycles. The number of hydrogen-bond donors (Lipinski definition) is 3. The molecular weight excluding hydrogens is 204 g/mol. The second-order valence-electron chi connectivity index (χ2n) is 3.89. The number of nitrogens with one attached hydrogen (secondary N) is 1. The van der Waals surface area contributed by atoms with Crippen molar-refractivity contribution < 1.29 is 9.90 Å². The molecule has 0 aliphatic heterocycles. The minimum absolute atomic E-state index is 0.0341. The van der Waals surface area contributed by atoms with E-state index >= 15 is 0 Å². The fourth-order valence-corrected chi connectivity index (χ4v) is 1.33. The summed E-state index contributed by atoms with van der Waals surface area (Å²) in [5.74, 6) is -0.0432. The van der Waals surface area contributed by atoms with Crippen molar-refractivity contribution in [1.29, 1.82) is 0 Å². The molecule has 16 heavy (non-hydrogen) atoms. The molecule has 4 heteroatoms. The quantitative estimate of drug-likeness (QED) is 0.642. The molecule has 1 amide bonds. The first kappa shape index (κ1) is 12.5. The first-order chi connectivity index (χ1) is 7.61. The van der Waals surface area contributed by atoms with Crippen molar-refractivity contribution in [1.82, 2.24) is 5.32 Å². The van der Waals surface area contributed by atoms with Crippen LogP contribution in [0, 0.1) is 0 Å². The molecule has 0 saturated carbocycles. The zero-order valence-electron chi connectivity index (χ0n) is 9.44. The molecule has 0 fully saturated rings. The van der Waals surface area contributed by atoms with Crippen LogP contribution in [-0.4, -0.2) is 23.7 Å². The Bertz CT molecular complexity index is 335. The highest BCUT2D eigenvalue weighted by atomic mass is 16.3. The minimum Gasteiger partial charge on any atom is -0.399 e. The molecule has 4 nitrogen and oxygen atoms in total. The van der Waals surface area contributed by atoms with Gasteiger partial charge in [0.25, 0.3) is 0 Å². The van der Waals surface area contributed by atoms with Gasteiger partial charge in [-0.3, -0.25) is 4.79 Å². The summed E-state index contributed by atoms with van der Waals surface area (Å²) in [6.45, 7) is 1.73. The molecule has 0 aliphatic rings. The summed E-state index contributed by atoms with van der Waals surface area (Å²) < 4.78 is 0. The SMILES string of the molecule is CC(CO)NC(=O)CCc1ccc(N)cc1. The summed E-state index contributed by atoms with van der Waals surface area (Å²) in [5.41, 5.74) is 7.37. The van der Waals surface area contributed by atoms with Crippen molar-refractivity contribution in [3.63, 3.8) is 0 Å². The van der Waals surface area contributed by atoms with Crippen LogP contribution in [0.15, 0.2) is 24.3 Å². The van der Waals surface area contributed by atoms with Gasteiger partial charge in [-0.05, 0) is 31.0 Å². The fourth-order valence-electron chi connectivity index (χ4n) is 1.33. The topological polar surface area (TPSA) is 75.3 Å². The number of carbonyl (C=O) groups is 1. The van der Waals surface area contributed by atoms with E-state index in [1.807, 2.05) is 24.3 Å². The summed E-state index contributed by atoms with van der Waals surface area (Å²) in [4.78, 5) is 11.4. The van der Waals surface area contributed by atoms with Gasteiger partial charge in [0.2, 0.25) is 5.91 Å². The van der Waals surface area contributed by atoms with E-state index in [1.165, 1.54) is 0 Å². The van der Waals surface area contributed by atoms with Gasteiger partial charge in [0.05, 0.1) is 6.61 Å². The monoisotopic (exact) mass is 222 g/mol. The number of rotatable bonds is 5. The molecule has 0 radical (unpaired) electrons. The van der Waals surface area contributed by atoms with E-state index < -0.39 is 0 Å². The van der Waals surface area contributed by atoms with Crippen LogP contribution in [0.2, 0.25) is 0 Å². The smallest absolute Gasteiger partial charge is 0.220 e. The highest BCUT2D eigenvalue weighted by molar-refractivity contribution is 5.76. The first-order valence-electron chi connectivity index (χ1n) is 5.36. The lowest BCUT2D eigenvalue weighted by atomic mass is 10.1. The summed E-state index contributed by atoms with van der Waals surface area (Å²) in [7, 11) is 0. The van der Waals surface area contributed by atoms with Crippen LogP contribution in [0.1, 0.15) is 18.9 Å². The highest BCUT2D eigenvalue weighted by Crippen LogP contribution is 2.07. The predicted octanol–water partition coefficient (Wildman–Crippen LogP) is 0.698. The summed E-state index contributed by atoms with van der Waals surface area (Å²) >= 11 is 0. The van der Waals surface area contributed by atoms with E-state index in [0.29, 0.717) is 12.8 Å². The maximum absolute atomic E-state index is 11.4. The van der Waals surface area contributed by atoms with Crippen LogP contribution in [0.25, 0.3) is 0 Å². The second kappa shape index (κ2) is 6.12. The van der Waals surface area contributed by atoms with Crippen LogP contribution in [0.5, 0.6) is 0 Å². The first-order valence-corrected chi connectivity index (χ1v) is 5.36. The van der Waals surface area contributed by atoms with Crippen molar-refractivity contribution in [2.24, 2.45) is 0 Å².